The van der Waals surface area contributed by atoms with Crippen LogP contribution in [-0.4, -0.2) is 32.5 Å². The van der Waals surface area contributed by atoms with E-state index in [0.29, 0.717) is 17.7 Å². The second kappa shape index (κ2) is 8.64. The van der Waals surface area contributed by atoms with Crippen LogP contribution in [-0.2, 0) is 20.0 Å². The predicted molar refractivity (Wildman–Crippen MR) is 121 cm³/mol. The SMILES string of the molecule is CCNCc1cc2cc3c(cc2n1C)C(C)CCc1c-3[nH]c(=O)c(OC(=O)O)c1O.Cl. The van der Waals surface area contributed by atoms with Gasteiger partial charge in [-0.15, -0.1) is 12.4 Å². The van der Waals surface area contributed by atoms with Gasteiger partial charge in [0.15, 0.2) is 5.75 Å². The number of aromatic nitrogens is 2. The number of aromatic amines is 1. The van der Waals surface area contributed by atoms with Crippen LogP contribution in [0, 0.1) is 0 Å². The summed E-state index contributed by atoms with van der Waals surface area (Å²) in [5.41, 5.74) is 4.44. The smallest absolute Gasteiger partial charge is 0.504 e. The first-order chi connectivity index (χ1) is 14.3. The molecule has 0 aliphatic heterocycles. The topological polar surface area (TPSA) is 117 Å². The van der Waals surface area contributed by atoms with Crippen molar-refractivity contribution in [2.24, 2.45) is 7.05 Å². The van der Waals surface area contributed by atoms with Gasteiger partial charge in [-0.3, -0.25) is 4.79 Å². The van der Waals surface area contributed by atoms with Crippen molar-refractivity contribution in [1.29, 1.82) is 0 Å². The Morgan fingerprint density at radius 1 is 1.35 bits per heavy atom. The molecule has 4 rings (SSSR count). The van der Waals surface area contributed by atoms with Crippen LogP contribution >= 0.6 is 12.4 Å². The third kappa shape index (κ3) is 3.88. The number of nitrogens with zero attached hydrogens (tertiary/aromatic N) is 1. The zero-order valence-electron chi connectivity index (χ0n) is 17.6. The molecular formula is C22H26ClN3O5. The van der Waals surface area contributed by atoms with Gasteiger partial charge in [0.2, 0.25) is 5.75 Å². The molecule has 8 nitrogen and oxygen atoms in total. The molecule has 9 heteroatoms. The fourth-order valence-corrected chi connectivity index (χ4v) is 4.29. The van der Waals surface area contributed by atoms with Crippen LogP contribution in [0.2, 0.25) is 0 Å². The van der Waals surface area contributed by atoms with Crippen molar-refractivity contribution in [3.8, 4) is 22.8 Å². The molecule has 1 aromatic carbocycles. The number of carbonyl (C=O) groups is 1. The van der Waals surface area contributed by atoms with E-state index < -0.39 is 23.2 Å². The minimum absolute atomic E-state index is 0. The summed E-state index contributed by atoms with van der Waals surface area (Å²) in [5, 5.41) is 23.9. The lowest BCUT2D eigenvalue weighted by Crippen LogP contribution is -2.17. The molecule has 2 heterocycles. The van der Waals surface area contributed by atoms with E-state index in [1.54, 1.807) is 0 Å². The van der Waals surface area contributed by atoms with Gasteiger partial charge >= 0.3 is 6.16 Å². The van der Waals surface area contributed by atoms with Crippen LogP contribution in [0.1, 0.15) is 43.0 Å². The van der Waals surface area contributed by atoms with Crippen molar-refractivity contribution in [1.82, 2.24) is 14.9 Å². The highest BCUT2D eigenvalue weighted by Gasteiger charge is 2.27. The number of pyridine rings is 1. The second-order valence-corrected chi connectivity index (χ2v) is 7.77. The van der Waals surface area contributed by atoms with Gasteiger partial charge in [0.25, 0.3) is 5.56 Å². The Kier molecular flexibility index (Phi) is 6.33. The molecule has 0 amide bonds. The van der Waals surface area contributed by atoms with Crippen molar-refractivity contribution in [2.75, 3.05) is 6.54 Å². The molecule has 0 saturated carbocycles. The molecule has 1 unspecified atom stereocenters. The van der Waals surface area contributed by atoms with E-state index in [1.165, 1.54) is 0 Å². The lowest BCUT2D eigenvalue weighted by atomic mass is 9.92. The number of fused-ring (bicyclic) bond motifs is 4. The number of aryl methyl sites for hydroxylation is 1. The third-order valence-electron chi connectivity index (χ3n) is 5.93. The number of aromatic hydroxyl groups is 1. The number of benzene rings is 1. The van der Waals surface area contributed by atoms with E-state index in [0.717, 1.165) is 47.2 Å². The first-order valence-electron chi connectivity index (χ1n) is 10.0. The van der Waals surface area contributed by atoms with Gasteiger partial charge in [-0.05, 0) is 49.1 Å². The predicted octanol–water partition coefficient (Wildman–Crippen LogP) is 3.88. The maximum absolute atomic E-state index is 12.5. The molecule has 4 N–H and O–H groups in total. The third-order valence-corrected chi connectivity index (χ3v) is 5.93. The van der Waals surface area contributed by atoms with Crippen LogP contribution in [0.25, 0.3) is 22.2 Å². The fraction of sp³-hybridized carbons (Fsp3) is 0.364. The van der Waals surface area contributed by atoms with Gasteiger partial charge < -0.3 is 29.8 Å². The van der Waals surface area contributed by atoms with Crippen molar-refractivity contribution in [3.05, 3.63) is 45.4 Å². The zero-order chi connectivity index (χ0) is 21.6. The first-order valence-corrected chi connectivity index (χ1v) is 10.0. The molecule has 0 saturated heterocycles. The highest BCUT2D eigenvalue weighted by molar-refractivity contribution is 5.89. The monoisotopic (exact) mass is 447 g/mol. The number of carboxylic acid groups (broad SMARTS) is 1. The summed E-state index contributed by atoms with van der Waals surface area (Å²) < 4.78 is 6.70. The van der Waals surface area contributed by atoms with Crippen LogP contribution < -0.4 is 15.6 Å². The van der Waals surface area contributed by atoms with Crippen molar-refractivity contribution in [2.45, 2.75) is 39.2 Å². The Labute approximate surface area is 185 Å². The molecule has 1 aliphatic rings. The molecule has 0 bridgehead atoms. The molecule has 3 aromatic rings. The van der Waals surface area contributed by atoms with Crippen LogP contribution in [0.5, 0.6) is 11.5 Å². The number of hydrogen-bond acceptors (Lipinski definition) is 5. The van der Waals surface area contributed by atoms with E-state index in [4.69, 9.17) is 5.11 Å². The quantitative estimate of drug-likeness (QED) is 0.451. The number of nitrogens with one attached hydrogen (secondary N) is 2. The number of H-pyrrole nitrogens is 1. The fourth-order valence-electron chi connectivity index (χ4n) is 4.29. The molecular weight excluding hydrogens is 422 g/mol. The summed E-state index contributed by atoms with van der Waals surface area (Å²) in [5.74, 6) is -0.793. The Morgan fingerprint density at radius 3 is 2.77 bits per heavy atom. The molecule has 0 spiro atoms. The van der Waals surface area contributed by atoms with Gasteiger partial charge in [-0.1, -0.05) is 13.8 Å². The molecule has 1 atom stereocenters. The maximum Gasteiger partial charge on any atom is 0.511 e. The lowest BCUT2D eigenvalue weighted by molar-refractivity contribution is 0.142. The largest absolute Gasteiger partial charge is 0.511 e. The standard InChI is InChI=1S/C22H25N3O5.ClH/c1-4-23-10-13-7-12-8-16-15(9-17(12)25(13)3)11(2)5-6-14-18(16)24-21(27)20(19(14)26)30-22(28)29;/h7-9,11,23H,4-6,10H2,1-3H3,(H,28,29)(H2,24,26,27);1H. The Bertz CT molecular complexity index is 1210. The zero-order valence-corrected chi connectivity index (χ0v) is 18.4. The van der Waals surface area contributed by atoms with Crippen molar-refractivity contribution < 1.29 is 19.7 Å². The molecule has 0 radical (unpaired) electrons. The van der Waals surface area contributed by atoms with Crippen LogP contribution in [0.15, 0.2) is 23.0 Å². The average Bonchev–Trinajstić information content (AvgIpc) is 2.94. The van der Waals surface area contributed by atoms with Crippen molar-refractivity contribution in [3.63, 3.8) is 0 Å². The molecule has 2 aromatic heterocycles. The Balaban J connectivity index is 0.00000272. The molecule has 166 valence electrons. The second-order valence-electron chi connectivity index (χ2n) is 7.77. The Morgan fingerprint density at radius 2 is 2.10 bits per heavy atom. The minimum atomic E-state index is -1.64. The summed E-state index contributed by atoms with van der Waals surface area (Å²) in [6.45, 7) is 5.81. The van der Waals surface area contributed by atoms with Gasteiger partial charge in [-0.2, -0.15) is 0 Å². The first kappa shape index (κ1) is 22.7. The molecule has 0 fully saturated rings. The van der Waals surface area contributed by atoms with Crippen LogP contribution in [0.4, 0.5) is 4.79 Å². The summed E-state index contributed by atoms with van der Waals surface area (Å²) in [4.78, 5) is 26.2. The minimum Gasteiger partial charge on any atom is -0.504 e. The molecule has 31 heavy (non-hydrogen) atoms. The Hall–Kier alpha value is -2.97. The normalized spacial score (nSPS) is 15.0. The lowest BCUT2D eigenvalue weighted by Gasteiger charge is -2.15. The summed E-state index contributed by atoms with van der Waals surface area (Å²) in [7, 11) is 2.04. The van der Waals surface area contributed by atoms with Gasteiger partial charge in [0, 0.05) is 41.3 Å². The number of rotatable bonds is 4. The van der Waals surface area contributed by atoms with Gasteiger partial charge in [0.05, 0.1) is 5.69 Å². The number of ether oxygens (including phenoxy) is 1. The van der Waals surface area contributed by atoms with E-state index in [9.17, 15) is 14.7 Å². The van der Waals surface area contributed by atoms with Gasteiger partial charge in [0.1, 0.15) is 0 Å². The van der Waals surface area contributed by atoms with E-state index in [1.807, 2.05) is 13.1 Å². The summed E-state index contributed by atoms with van der Waals surface area (Å²) in [6, 6.07) is 6.30. The van der Waals surface area contributed by atoms with E-state index in [2.05, 4.69) is 45.6 Å². The highest BCUT2D eigenvalue weighted by atomic mass is 35.5. The number of halogens is 1. The summed E-state index contributed by atoms with van der Waals surface area (Å²) in [6.07, 6.45) is -0.407. The van der Waals surface area contributed by atoms with Gasteiger partial charge in [-0.25, -0.2) is 4.79 Å². The maximum atomic E-state index is 12.5. The van der Waals surface area contributed by atoms with Crippen LogP contribution in [0.3, 0.4) is 0 Å². The summed E-state index contributed by atoms with van der Waals surface area (Å²) >= 11 is 0. The number of hydrogen-bond donors (Lipinski definition) is 4. The van der Waals surface area contributed by atoms with E-state index in [-0.39, 0.29) is 18.3 Å². The van der Waals surface area contributed by atoms with E-state index >= 15 is 0 Å². The average molecular weight is 448 g/mol. The molecule has 1 aliphatic carbocycles. The highest BCUT2D eigenvalue weighted by Crippen LogP contribution is 2.43. The van der Waals surface area contributed by atoms with Crippen molar-refractivity contribution >= 4 is 29.5 Å².